The van der Waals surface area contributed by atoms with Gasteiger partial charge in [-0.2, -0.15) is 0 Å². The Bertz CT molecular complexity index is 11.5. The van der Waals surface area contributed by atoms with E-state index in [9.17, 15) is 0 Å². The molecule has 0 spiro atoms. The molecule has 22 valence electrons. The van der Waals surface area contributed by atoms with Crippen molar-refractivity contribution in [1.29, 1.82) is 0 Å². The molecular weight excluding hydrogens is 120 g/mol. The van der Waals surface area contributed by atoms with Crippen LogP contribution in [-0.4, -0.2) is 43.2 Å². The van der Waals surface area contributed by atoms with Gasteiger partial charge in [0.15, 0.2) is 0 Å². The van der Waals surface area contributed by atoms with Crippen molar-refractivity contribution in [3.63, 3.8) is 0 Å². The molecular formula is H4CaO2Ti. The summed E-state index contributed by atoms with van der Waals surface area (Å²) in [6.45, 7) is 0. The van der Waals surface area contributed by atoms with Gasteiger partial charge in [-0.1, -0.05) is 0 Å². The van der Waals surface area contributed by atoms with Crippen molar-refractivity contribution in [2.24, 2.45) is 0 Å². The maximum absolute atomic E-state index is 8.25. The van der Waals surface area contributed by atoms with Gasteiger partial charge in [0.2, 0.25) is 0 Å². The van der Waals surface area contributed by atoms with Gasteiger partial charge in [-0.05, 0) is 0 Å². The minimum atomic E-state index is 0. The van der Waals surface area contributed by atoms with Gasteiger partial charge in [0.05, 0.1) is 0 Å². The molecule has 0 saturated carbocycles. The zero-order valence-corrected chi connectivity index (χ0v) is 5.89. The first-order valence-corrected chi connectivity index (χ1v) is 0.842. The Morgan fingerprint density at radius 2 is 1.50 bits per heavy atom. The average molecular weight is 124 g/mol. The molecule has 0 radical (unpaired) electrons. The van der Waals surface area contributed by atoms with Crippen LogP contribution < -0.4 is 0 Å². The molecule has 0 bridgehead atoms. The van der Waals surface area contributed by atoms with Crippen molar-refractivity contribution in [3.05, 3.63) is 0 Å². The summed E-state index contributed by atoms with van der Waals surface area (Å²) in [4.78, 5) is 0. The van der Waals surface area contributed by atoms with E-state index < -0.39 is 0 Å². The normalized spacial score (nSPS) is 0.750. The molecule has 4 heteroatoms. The molecule has 0 aliphatic heterocycles. The van der Waals surface area contributed by atoms with E-state index in [-0.39, 0.29) is 46.1 Å². The fourth-order valence-corrected chi connectivity index (χ4v) is 0. The monoisotopic (exact) mass is 124 g/mol. The van der Waals surface area contributed by atoms with Crippen LogP contribution in [0.1, 0.15) is 2.85 Å². The first-order valence-electron chi connectivity index (χ1n) is 0.204. The summed E-state index contributed by atoms with van der Waals surface area (Å²) in [5.74, 6) is 0. The molecule has 0 heterocycles. The van der Waals surface area contributed by atoms with Crippen LogP contribution in [0.2, 0.25) is 0 Å². The van der Waals surface area contributed by atoms with Crippen molar-refractivity contribution in [3.8, 4) is 0 Å². The molecule has 0 saturated heterocycles. The van der Waals surface area contributed by atoms with E-state index in [0.717, 1.165) is 20.4 Å². The maximum atomic E-state index is 8.25. The van der Waals surface area contributed by atoms with Gasteiger partial charge in [0.1, 0.15) is 0 Å². The fraction of sp³-hybridized carbons (Fsp3) is 0. The Balaban J connectivity index is -0.000000000833. The van der Waals surface area contributed by atoms with Gasteiger partial charge >= 0.3 is 61.5 Å². The standard InChI is InChI=1S/Ca.H2O.O.Ti.2H/h;1H2;;;;/q+2;;;;2*-1. The second kappa shape index (κ2) is 22.0. The quantitative estimate of drug-likeness (QED) is 0.378. The van der Waals surface area contributed by atoms with Crippen LogP contribution in [0.4, 0.5) is 0 Å². The van der Waals surface area contributed by atoms with Crippen LogP contribution in [0.25, 0.3) is 0 Å². The Hall–Kier alpha value is 1.73. The summed E-state index contributed by atoms with van der Waals surface area (Å²) in [5, 5.41) is 0. The third kappa shape index (κ3) is 9.28. The third-order valence-corrected chi connectivity index (χ3v) is 0. The van der Waals surface area contributed by atoms with Crippen LogP contribution in [0.3, 0.4) is 0 Å². The summed E-state index contributed by atoms with van der Waals surface area (Å²) < 4.78 is 8.25. The minimum absolute atomic E-state index is 0. The molecule has 0 atom stereocenters. The fourth-order valence-electron chi connectivity index (χ4n) is 0. The number of hydrogen-bond donors (Lipinski definition) is 0. The summed E-state index contributed by atoms with van der Waals surface area (Å²) in [6, 6.07) is 0. The van der Waals surface area contributed by atoms with Gasteiger partial charge in [0, 0.05) is 0 Å². The number of rotatable bonds is 0. The number of hydrogen-bond acceptors (Lipinski definition) is 1. The van der Waals surface area contributed by atoms with E-state index in [1.807, 2.05) is 0 Å². The van der Waals surface area contributed by atoms with E-state index in [1.54, 1.807) is 0 Å². The van der Waals surface area contributed by atoms with Crippen LogP contribution in [0.15, 0.2) is 0 Å². The van der Waals surface area contributed by atoms with E-state index in [4.69, 9.17) is 3.32 Å². The third-order valence-electron chi connectivity index (χ3n) is 0. The molecule has 0 aliphatic carbocycles. The van der Waals surface area contributed by atoms with Gasteiger partial charge in [-0.3, -0.25) is 0 Å². The first-order chi connectivity index (χ1) is 1.00. The summed E-state index contributed by atoms with van der Waals surface area (Å²) in [5.41, 5.74) is 0. The first kappa shape index (κ1) is 17.2. The molecule has 0 aromatic carbocycles. The van der Waals surface area contributed by atoms with Crippen LogP contribution in [-0.2, 0) is 23.7 Å². The van der Waals surface area contributed by atoms with E-state index in [2.05, 4.69) is 0 Å². The van der Waals surface area contributed by atoms with Gasteiger partial charge in [0.25, 0.3) is 0 Å². The summed E-state index contributed by atoms with van der Waals surface area (Å²) in [6.07, 6.45) is 0. The zero-order valence-electron chi connectivity index (χ0n) is 4.12. The molecule has 0 fully saturated rings. The molecule has 0 aromatic rings. The SMILES string of the molecule is O.[Ca+2].[H-].[H-].[O]=[Ti]. The van der Waals surface area contributed by atoms with Crippen LogP contribution in [0.5, 0.6) is 0 Å². The molecule has 0 aliphatic rings. The Morgan fingerprint density at radius 3 is 1.50 bits per heavy atom. The average Bonchev–Trinajstić information content (AvgIpc) is 1.00. The Labute approximate surface area is 69.0 Å². The van der Waals surface area contributed by atoms with Crippen molar-refractivity contribution in [2.45, 2.75) is 0 Å². The van der Waals surface area contributed by atoms with E-state index >= 15 is 0 Å². The topological polar surface area (TPSA) is 48.6 Å². The van der Waals surface area contributed by atoms with Crippen molar-refractivity contribution in [1.82, 2.24) is 0 Å². The van der Waals surface area contributed by atoms with Gasteiger partial charge < -0.3 is 8.33 Å². The summed E-state index contributed by atoms with van der Waals surface area (Å²) in [7, 11) is 0. The molecule has 2 N–H and O–H groups in total. The molecule has 0 unspecified atom stereocenters. The van der Waals surface area contributed by atoms with E-state index in [0.29, 0.717) is 0 Å². The van der Waals surface area contributed by atoms with Crippen molar-refractivity contribution in [2.75, 3.05) is 0 Å². The molecule has 0 amide bonds. The predicted octanol–water partition coefficient (Wildman–Crippen LogP) is -1.10. The van der Waals surface area contributed by atoms with Gasteiger partial charge in [-0.25, -0.2) is 0 Å². The summed E-state index contributed by atoms with van der Waals surface area (Å²) >= 11 is 0.750. The molecule has 0 aromatic heterocycles. The van der Waals surface area contributed by atoms with Crippen molar-refractivity contribution >= 4 is 37.7 Å². The second-order valence-corrected chi connectivity index (χ2v) is 0. The van der Waals surface area contributed by atoms with Crippen LogP contribution >= 0.6 is 0 Å². The zero-order chi connectivity index (χ0) is 2.00. The van der Waals surface area contributed by atoms with E-state index in [1.165, 1.54) is 0 Å². The Kier molecular flexibility index (Phi) is 94.3. The second-order valence-electron chi connectivity index (χ2n) is 0. The molecule has 2 nitrogen and oxygen atoms in total. The van der Waals surface area contributed by atoms with Crippen molar-refractivity contribution < 1.29 is 32.1 Å². The van der Waals surface area contributed by atoms with Gasteiger partial charge in [-0.15, -0.1) is 0 Å². The Morgan fingerprint density at radius 1 is 1.50 bits per heavy atom. The van der Waals surface area contributed by atoms with Crippen LogP contribution in [0, 0.1) is 0 Å². The molecule has 4 heavy (non-hydrogen) atoms. The predicted molar refractivity (Wildman–Crippen MR) is 12.3 cm³/mol. The molecule has 0 rings (SSSR count).